The number of carbonyl (C=O) groups excluding carboxylic acids is 2. The molecule has 134 valence electrons. The number of amides is 1. The number of nitrogens with zero attached hydrogens (tertiary/aromatic N) is 2. The highest BCUT2D eigenvalue weighted by Gasteiger charge is 2.21. The molecule has 0 aliphatic heterocycles. The van der Waals surface area contributed by atoms with E-state index in [0.717, 1.165) is 16.5 Å². The first-order valence-electron chi connectivity index (χ1n) is 8.65. The number of Topliss-reactive ketones (excluding diaryl/α,β-unsaturated/α-hetero) is 1. The normalized spacial score (nSPS) is 11.0. The molecule has 0 fully saturated rings. The van der Waals surface area contributed by atoms with E-state index < -0.39 is 11.7 Å². The molecule has 3 rings (SSSR count). The van der Waals surface area contributed by atoms with Gasteiger partial charge in [0.15, 0.2) is 0 Å². The van der Waals surface area contributed by atoms with Crippen LogP contribution in [0.2, 0.25) is 0 Å². The molecule has 1 heterocycles. The molecule has 1 amide bonds. The van der Waals surface area contributed by atoms with Crippen LogP contribution in [0.1, 0.15) is 15.9 Å². The van der Waals surface area contributed by atoms with Crippen molar-refractivity contribution in [1.82, 2.24) is 14.8 Å². The van der Waals surface area contributed by atoms with Gasteiger partial charge in [-0.1, -0.05) is 48.5 Å². The zero-order valence-corrected chi connectivity index (χ0v) is 15.1. The smallest absolute Gasteiger partial charge is 0.292 e. The summed E-state index contributed by atoms with van der Waals surface area (Å²) in [6, 6.07) is 17.7. The van der Waals surface area contributed by atoms with E-state index in [1.807, 2.05) is 78.2 Å². The van der Waals surface area contributed by atoms with E-state index in [2.05, 4.69) is 5.32 Å². The first-order chi connectivity index (χ1) is 12.6. The van der Waals surface area contributed by atoms with Crippen molar-refractivity contribution in [3.63, 3.8) is 0 Å². The molecule has 0 bridgehead atoms. The number of fused-ring (bicyclic) bond motifs is 1. The molecule has 0 spiro atoms. The van der Waals surface area contributed by atoms with Crippen LogP contribution in [-0.4, -0.2) is 48.3 Å². The van der Waals surface area contributed by atoms with Crippen molar-refractivity contribution in [2.45, 2.75) is 6.54 Å². The van der Waals surface area contributed by atoms with Crippen LogP contribution in [-0.2, 0) is 11.3 Å². The summed E-state index contributed by atoms with van der Waals surface area (Å²) in [5.74, 6) is -1.05. The minimum Gasteiger partial charge on any atom is -0.348 e. The third kappa shape index (κ3) is 4.00. The van der Waals surface area contributed by atoms with E-state index in [1.165, 1.54) is 0 Å². The number of carbonyl (C=O) groups is 2. The summed E-state index contributed by atoms with van der Waals surface area (Å²) in [6.45, 7) is 1.78. The highest BCUT2D eigenvalue weighted by atomic mass is 16.2. The Kier molecular flexibility index (Phi) is 5.49. The fourth-order valence-corrected chi connectivity index (χ4v) is 2.93. The van der Waals surface area contributed by atoms with Crippen molar-refractivity contribution in [2.75, 3.05) is 27.2 Å². The van der Waals surface area contributed by atoms with E-state index in [4.69, 9.17) is 0 Å². The minimum atomic E-state index is -0.561. The number of hydrogen-bond acceptors (Lipinski definition) is 3. The van der Waals surface area contributed by atoms with Crippen LogP contribution in [0.5, 0.6) is 0 Å². The van der Waals surface area contributed by atoms with Gasteiger partial charge in [0, 0.05) is 36.7 Å². The Bertz CT molecular complexity index is 913. The lowest BCUT2D eigenvalue weighted by Crippen LogP contribution is -2.35. The fourth-order valence-electron chi connectivity index (χ4n) is 2.93. The van der Waals surface area contributed by atoms with Crippen LogP contribution < -0.4 is 5.32 Å². The second-order valence-electron chi connectivity index (χ2n) is 6.56. The Balaban J connectivity index is 1.86. The van der Waals surface area contributed by atoms with Gasteiger partial charge in [-0.2, -0.15) is 0 Å². The molecule has 2 aromatic carbocycles. The molecule has 0 aliphatic carbocycles. The monoisotopic (exact) mass is 349 g/mol. The molecule has 1 aromatic heterocycles. The van der Waals surface area contributed by atoms with Crippen LogP contribution in [0.3, 0.4) is 0 Å². The van der Waals surface area contributed by atoms with Crippen LogP contribution in [0.25, 0.3) is 10.9 Å². The second kappa shape index (κ2) is 7.97. The Hall–Kier alpha value is -2.92. The SMILES string of the molecule is CN(C)CCNC(=O)C(=O)c1cn(Cc2ccccc2)c2ccccc12. The second-order valence-corrected chi connectivity index (χ2v) is 6.56. The molecule has 0 saturated carbocycles. The lowest BCUT2D eigenvalue weighted by atomic mass is 10.1. The molecule has 5 nitrogen and oxygen atoms in total. The average Bonchev–Trinajstić information content (AvgIpc) is 3.00. The van der Waals surface area contributed by atoms with Gasteiger partial charge in [0.1, 0.15) is 0 Å². The van der Waals surface area contributed by atoms with E-state index in [1.54, 1.807) is 6.20 Å². The zero-order chi connectivity index (χ0) is 18.5. The van der Waals surface area contributed by atoms with Gasteiger partial charge in [0.05, 0.1) is 5.56 Å². The fraction of sp³-hybridized carbons (Fsp3) is 0.238. The predicted octanol–water partition coefficient (Wildman–Crippen LogP) is 2.55. The summed E-state index contributed by atoms with van der Waals surface area (Å²) in [5.41, 5.74) is 2.53. The molecular formula is C21H23N3O2. The van der Waals surface area contributed by atoms with Gasteiger partial charge in [0.2, 0.25) is 0 Å². The summed E-state index contributed by atoms with van der Waals surface area (Å²) in [5, 5.41) is 3.50. The summed E-state index contributed by atoms with van der Waals surface area (Å²) >= 11 is 0. The molecule has 26 heavy (non-hydrogen) atoms. The predicted molar refractivity (Wildman–Crippen MR) is 103 cm³/mol. The maximum absolute atomic E-state index is 12.7. The van der Waals surface area contributed by atoms with E-state index in [9.17, 15) is 9.59 Å². The van der Waals surface area contributed by atoms with Crippen LogP contribution >= 0.6 is 0 Å². The Morgan fingerprint density at radius 3 is 2.42 bits per heavy atom. The van der Waals surface area contributed by atoms with Crippen molar-refractivity contribution >= 4 is 22.6 Å². The zero-order valence-electron chi connectivity index (χ0n) is 15.1. The number of rotatable bonds is 7. The summed E-state index contributed by atoms with van der Waals surface area (Å²) < 4.78 is 2.02. The lowest BCUT2D eigenvalue weighted by Gasteiger charge is -2.09. The van der Waals surface area contributed by atoms with Crippen molar-refractivity contribution < 1.29 is 9.59 Å². The Morgan fingerprint density at radius 2 is 1.69 bits per heavy atom. The quantitative estimate of drug-likeness (QED) is 0.527. The number of aromatic nitrogens is 1. The molecule has 1 N–H and O–H groups in total. The molecule has 0 atom stereocenters. The molecular weight excluding hydrogens is 326 g/mol. The number of benzene rings is 2. The maximum Gasteiger partial charge on any atom is 0.292 e. The minimum absolute atomic E-state index is 0.443. The summed E-state index contributed by atoms with van der Waals surface area (Å²) in [4.78, 5) is 26.9. The van der Waals surface area contributed by atoms with E-state index >= 15 is 0 Å². The number of nitrogens with one attached hydrogen (secondary N) is 1. The summed E-state index contributed by atoms with van der Waals surface area (Å²) in [6.07, 6.45) is 1.78. The highest BCUT2D eigenvalue weighted by Crippen LogP contribution is 2.23. The Labute approximate surface area is 153 Å². The third-order valence-electron chi connectivity index (χ3n) is 4.28. The molecule has 0 unspecified atom stereocenters. The van der Waals surface area contributed by atoms with Gasteiger partial charge in [-0.3, -0.25) is 9.59 Å². The number of para-hydroxylation sites is 1. The maximum atomic E-state index is 12.7. The van der Waals surface area contributed by atoms with Crippen LogP contribution in [0, 0.1) is 0 Å². The van der Waals surface area contributed by atoms with Gasteiger partial charge < -0.3 is 14.8 Å². The van der Waals surface area contributed by atoms with Gasteiger partial charge in [-0.05, 0) is 25.7 Å². The number of likely N-dealkylation sites (N-methyl/N-ethyl adjacent to an activating group) is 1. The largest absolute Gasteiger partial charge is 0.348 e. The number of hydrogen-bond donors (Lipinski definition) is 1. The van der Waals surface area contributed by atoms with Gasteiger partial charge in [0.25, 0.3) is 11.7 Å². The lowest BCUT2D eigenvalue weighted by molar-refractivity contribution is -0.117. The van der Waals surface area contributed by atoms with Gasteiger partial charge >= 0.3 is 0 Å². The standard InChI is InChI=1S/C21H23N3O2/c1-23(2)13-12-22-21(26)20(25)18-15-24(14-16-8-4-3-5-9-16)19-11-7-6-10-17(18)19/h3-11,15H,12-14H2,1-2H3,(H,22,26). The van der Waals surface area contributed by atoms with E-state index in [-0.39, 0.29) is 0 Å². The highest BCUT2D eigenvalue weighted by molar-refractivity contribution is 6.45. The van der Waals surface area contributed by atoms with Crippen molar-refractivity contribution in [3.05, 3.63) is 71.9 Å². The first kappa shape index (κ1) is 17.9. The number of ketones is 1. The Morgan fingerprint density at radius 1 is 1.00 bits per heavy atom. The van der Waals surface area contributed by atoms with Gasteiger partial charge in [-0.25, -0.2) is 0 Å². The first-order valence-corrected chi connectivity index (χ1v) is 8.65. The molecule has 5 heteroatoms. The third-order valence-corrected chi connectivity index (χ3v) is 4.28. The molecule has 3 aromatic rings. The van der Waals surface area contributed by atoms with Crippen molar-refractivity contribution in [1.29, 1.82) is 0 Å². The van der Waals surface area contributed by atoms with Gasteiger partial charge in [-0.15, -0.1) is 0 Å². The van der Waals surface area contributed by atoms with Crippen molar-refractivity contribution in [3.8, 4) is 0 Å². The topological polar surface area (TPSA) is 54.3 Å². The van der Waals surface area contributed by atoms with Crippen molar-refractivity contribution in [2.24, 2.45) is 0 Å². The summed E-state index contributed by atoms with van der Waals surface area (Å²) in [7, 11) is 3.84. The van der Waals surface area contributed by atoms with Crippen LogP contribution in [0.4, 0.5) is 0 Å². The molecule has 0 aliphatic rings. The molecule has 0 radical (unpaired) electrons. The van der Waals surface area contributed by atoms with E-state index in [0.29, 0.717) is 25.2 Å². The average molecular weight is 349 g/mol. The molecule has 0 saturated heterocycles. The van der Waals surface area contributed by atoms with Crippen LogP contribution in [0.15, 0.2) is 60.8 Å².